The number of amides is 1. The molecule has 0 aromatic carbocycles. The Morgan fingerprint density at radius 1 is 1.50 bits per heavy atom. The van der Waals surface area contributed by atoms with Crippen LogP contribution in [0.2, 0.25) is 0 Å². The van der Waals surface area contributed by atoms with E-state index in [1.165, 1.54) is 0 Å². The molecule has 0 aliphatic rings. The normalized spacial score (nSPS) is 17.6. The van der Waals surface area contributed by atoms with Gasteiger partial charge in [-0.25, -0.2) is 8.42 Å². The van der Waals surface area contributed by atoms with Crippen LogP contribution in [0.4, 0.5) is 0 Å². The summed E-state index contributed by atoms with van der Waals surface area (Å²) < 4.78 is 22.1. The van der Waals surface area contributed by atoms with Crippen molar-refractivity contribution >= 4 is 15.7 Å². The first-order valence-electron chi connectivity index (χ1n) is 5.33. The van der Waals surface area contributed by atoms with Crippen molar-refractivity contribution in [2.24, 2.45) is 11.1 Å². The largest absolute Gasteiger partial charge is 0.352 e. The van der Waals surface area contributed by atoms with E-state index in [2.05, 4.69) is 5.32 Å². The first kappa shape index (κ1) is 15.4. The highest BCUT2D eigenvalue weighted by atomic mass is 32.2. The van der Waals surface area contributed by atoms with Crippen LogP contribution in [0.15, 0.2) is 0 Å². The van der Waals surface area contributed by atoms with E-state index >= 15 is 0 Å². The highest BCUT2D eigenvalue weighted by Crippen LogP contribution is 2.19. The van der Waals surface area contributed by atoms with Gasteiger partial charge in [0, 0.05) is 18.8 Å². The molecule has 0 heterocycles. The zero-order valence-electron chi connectivity index (χ0n) is 10.4. The maximum absolute atomic E-state index is 11.8. The fourth-order valence-electron chi connectivity index (χ4n) is 1.29. The molecule has 1 amide bonds. The number of hydrogen-bond acceptors (Lipinski definition) is 4. The van der Waals surface area contributed by atoms with Crippen LogP contribution in [0.3, 0.4) is 0 Å². The average Bonchev–Trinajstić information content (AvgIpc) is 2.13. The summed E-state index contributed by atoms with van der Waals surface area (Å²) >= 11 is 0. The van der Waals surface area contributed by atoms with Crippen molar-refractivity contribution in [2.75, 3.05) is 18.6 Å². The predicted octanol–water partition coefficient (Wildman–Crippen LogP) is -0.0893. The van der Waals surface area contributed by atoms with Crippen LogP contribution >= 0.6 is 0 Å². The third-order valence-corrected chi connectivity index (χ3v) is 3.81. The molecule has 3 N–H and O–H groups in total. The molecule has 2 atom stereocenters. The second-order valence-electron chi connectivity index (χ2n) is 4.59. The van der Waals surface area contributed by atoms with Gasteiger partial charge in [-0.05, 0) is 20.3 Å². The summed E-state index contributed by atoms with van der Waals surface area (Å²) in [6.07, 6.45) is 1.78. The van der Waals surface area contributed by atoms with Crippen molar-refractivity contribution < 1.29 is 13.2 Å². The van der Waals surface area contributed by atoms with Crippen molar-refractivity contribution in [3.63, 3.8) is 0 Å². The fourth-order valence-corrected chi connectivity index (χ4v) is 2.28. The quantitative estimate of drug-likeness (QED) is 0.689. The van der Waals surface area contributed by atoms with Gasteiger partial charge in [0.25, 0.3) is 0 Å². The van der Waals surface area contributed by atoms with Crippen molar-refractivity contribution in [1.29, 1.82) is 0 Å². The highest BCUT2D eigenvalue weighted by Gasteiger charge is 2.30. The van der Waals surface area contributed by atoms with E-state index in [9.17, 15) is 13.2 Å². The van der Waals surface area contributed by atoms with Crippen molar-refractivity contribution in [2.45, 2.75) is 33.2 Å². The van der Waals surface area contributed by atoms with Gasteiger partial charge in [-0.2, -0.15) is 0 Å². The summed E-state index contributed by atoms with van der Waals surface area (Å²) in [4.78, 5) is 11.8. The van der Waals surface area contributed by atoms with Crippen LogP contribution in [0, 0.1) is 5.41 Å². The van der Waals surface area contributed by atoms with Crippen molar-refractivity contribution in [3.05, 3.63) is 0 Å². The molecular weight excluding hydrogens is 228 g/mol. The second kappa shape index (κ2) is 5.63. The molecule has 96 valence electrons. The Morgan fingerprint density at radius 2 is 2.00 bits per heavy atom. The van der Waals surface area contributed by atoms with Crippen LogP contribution in [0.5, 0.6) is 0 Å². The molecular formula is C10H22N2O3S. The fraction of sp³-hybridized carbons (Fsp3) is 0.900. The average molecular weight is 250 g/mol. The summed E-state index contributed by atoms with van der Waals surface area (Å²) in [6.45, 7) is 5.58. The maximum Gasteiger partial charge on any atom is 0.227 e. The molecule has 0 spiro atoms. The molecule has 0 fully saturated rings. The Morgan fingerprint density at radius 3 is 2.31 bits per heavy atom. The van der Waals surface area contributed by atoms with E-state index in [0.717, 1.165) is 6.26 Å². The maximum atomic E-state index is 11.8. The third kappa shape index (κ3) is 4.94. The minimum atomic E-state index is -3.07. The first-order valence-corrected chi connectivity index (χ1v) is 7.39. The summed E-state index contributed by atoms with van der Waals surface area (Å²) in [7, 11) is -3.07. The minimum absolute atomic E-state index is 0.0525. The summed E-state index contributed by atoms with van der Waals surface area (Å²) in [5.41, 5.74) is 4.92. The number of carbonyl (C=O) groups excluding carboxylic acids is 1. The highest BCUT2D eigenvalue weighted by molar-refractivity contribution is 7.90. The lowest BCUT2D eigenvalue weighted by atomic mass is 9.86. The van der Waals surface area contributed by atoms with E-state index in [0.29, 0.717) is 6.42 Å². The molecule has 0 aromatic heterocycles. The zero-order chi connectivity index (χ0) is 13.0. The lowest BCUT2D eigenvalue weighted by molar-refractivity contribution is -0.130. The van der Waals surface area contributed by atoms with Crippen molar-refractivity contribution in [3.8, 4) is 0 Å². The number of nitrogens with one attached hydrogen (secondary N) is 1. The van der Waals surface area contributed by atoms with Gasteiger partial charge >= 0.3 is 0 Å². The molecule has 6 heteroatoms. The first-order chi connectivity index (χ1) is 7.14. The van der Waals surface area contributed by atoms with Gasteiger partial charge in [0.2, 0.25) is 5.91 Å². The number of carbonyl (C=O) groups is 1. The van der Waals surface area contributed by atoms with Crippen LogP contribution in [-0.4, -0.2) is 38.9 Å². The smallest absolute Gasteiger partial charge is 0.227 e. The van der Waals surface area contributed by atoms with Crippen LogP contribution in [-0.2, 0) is 14.6 Å². The molecule has 0 aliphatic carbocycles. The van der Waals surface area contributed by atoms with E-state index < -0.39 is 15.3 Å². The van der Waals surface area contributed by atoms with E-state index in [4.69, 9.17) is 5.73 Å². The molecule has 16 heavy (non-hydrogen) atoms. The number of rotatable bonds is 6. The molecule has 0 rings (SSSR count). The molecule has 0 aliphatic heterocycles. The zero-order valence-corrected chi connectivity index (χ0v) is 11.2. The standard InChI is InChI=1S/C10H22N2O3S/c1-5-10(3,7-11)9(13)12-8(2)6-16(4,14)15/h8H,5-7,11H2,1-4H3,(H,12,13). The number of nitrogens with two attached hydrogens (primary N) is 1. The Kier molecular flexibility index (Phi) is 5.41. The summed E-state index contributed by atoms with van der Waals surface area (Å²) in [5, 5.41) is 2.68. The van der Waals surface area contributed by atoms with Gasteiger partial charge in [-0.3, -0.25) is 4.79 Å². The van der Waals surface area contributed by atoms with Crippen LogP contribution in [0.1, 0.15) is 27.2 Å². The number of hydrogen-bond donors (Lipinski definition) is 2. The molecule has 0 saturated heterocycles. The topological polar surface area (TPSA) is 89.3 Å². The summed E-state index contributed by atoms with van der Waals surface area (Å²) in [6, 6.07) is -0.389. The van der Waals surface area contributed by atoms with Gasteiger partial charge in [0.15, 0.2) is 0 Å². The molecule has 0 aromatic rings. The lowest BCUT2D eigenvalue weighted by Crippen LogP contribution is -2.48. The Hall–Kier alpha value is -0.620. The van der Waals surface area contributed by atoms with E-state index in [1.54, 1.807) is 13.8 Å². The van der Waals surface area contributed by atoms with E-state index in [1.807, 2.05) is 6.92 Å². The van der Waals surface area contributed by atoms with Crippen LogP contribution < -0.4 is 11.1 Å². The van der Waals surface area contributed by atoms with Crippen molar-refractivity contribution in [1.82, 2.24) is 5.32 Å². The SMILES string of the molecule is CCC(C)(CN)C(=O)NC(C)CS(C)(=O)=O. The second-order valence-corrected chi connectivity index (χ2v) is 6.77. The molecule has 2 unspecified atom stereocenters. The lowest BCUT2D eigenvalue weighted by Gasteiger charge is -2.27. The monoisotopic (exact) mass is 250 g/mol. The molecule has 0 saturated carbocycles. The van der Waals surface area contributed by atoms with Gasteiger partial charge < -0.3 is 11.1 Å². The van der Waals surface area contributed by atoms with Gasteiger partial charge in [0.05, 0.1) is 11.2 Å². The molecule has 5 nitrogen and oxygen atoms in total. The Bertz CT molecular complexity index is 334. The Labute approximate surface area is 97.7 Å². The number of sulfone groups is 1. The van der Waals surface area contributed by atoms with Gasteiger partial charge in [-0.1, -0.05) is 6.92 Å². The Balaban J connectivity index is 4.46. The van der Waals surface area contributed by atoms with Gasteiger partial charge in [-0.15, -0.1) is 0 Å². The van der Waals surface area contributed by atoms with Crippen LogP contribution in [0.25, 0.3) is 0 Å². The van der Waals surface area contributed by atoms with Gasteiger partial charge in [0.1, 0.15) is 9.84 Å². The summed E-state index contributed by atoms with van der Waals surface area (Å²) in [5.74, 6) is -0.239. The minimum Gasteiger partial charge on any atom is -0.352 e. The molecule has 0 radical (unpaired) electrons. The molecule has 0 bridgehead atoms. The third-order valence-electron chi connectivity index (χ3n) is 2.71. The van der Waals surface area contributed by atoms with E-state index in [-0.39, 0.29) is 24.2 Å². The predicted molar refractivity (Wildman–Crippen MR) is 64.8 cm³/mol.